The van der Waals surface area contributed by atoms with Crippen LogP contribution in [0.3, 0.4) is 0 Å². The van der Waals surface area contributed by atoms with Gasteiger partial charge in [-0.25, -0.2) is 0 Å². The number of ether oxygens (including phenoxy) is 2. The van der Waals surface area contributed by atoms with E-state index in [4.69, 9.17) is 15.3 Å². The lowest BCUT2D eigenvalue weighted by molar-refractivity contribution is -0.150. The van der Waals surface area contributed by atoms with Crippen molar-refractivity contribution >= 4 is 0 Å². The number of aromatic nitrogens is 1. The van der Waals surface area contributed by atoms with Crippen LogP contribution in [0.25, 0.3) is 0 Å². The number of hydrazine groups is 1. The molecule has 2 atom stereocenters. The van der Waals surface area contributed by atoms with E-state index in [0.717, 1.165) is 45.5 Å². The molecule has 21 heavy (non-hydrogen) atoms. The Labute approximate surface area is 126 Å². The van der Waals surface area contributed by atoms with Crippen molar-refractivity contribution in [2.24, 2.45) is 11.8 Å². The predicted octanol–water partition coefficient (Wildman–Crippen LogP) is 1.87. The van der Waals surface area contributed by atoms with Crippen LogP contribution < -0.4 is 11.3 Å². The summed E-state index contributed by atoms with van der Waals surface area (Å²) in [6.45, 7) is 4.48. The van der Waals surface area contributed by atoms with Crippen LogP contribution in [0.2, 0.25) is 0 Å². The van der Waals surface area contributed by atoms with Gasteiger partial charge in [0.2, 0.25) is 0 Å². The highest BCUT2D eigenvalue weighted by Crippen LogP contribution is 2.41. The summed E-state index contributed by atoms with van der Waals surface area (Å²) in [4.78, 5) is 4.31. The van der Waals surface area contributed by atoms with Gasteiger partial charge in [-0.3, -0.25) is 16.3 Å². The van der Waals surface area contributed by atoms with Gasteiger partial charge in [0.25, 0.3) is 0 Å². The van der Waals surface area contributed by atoms with Crippen LogP contribution in [0, 0.1) is 12.8 Å². The fourth-order valence-electron chi connectivity index (χ4n) is 3.69. The van der Waals surface area contributed by atoms with Crippen molar-refractivity contribution in [1.82, 2.24) is 10.4 Å². The van der Waals surface area contributed by atoms with Crippen molar-refractivity contribution in [3.63, 3.8) is 0 Å². The molecule has 2 saturated heterocycles. The third kappa shape index (κ3) is 3.26. The van der Waals surface area contributed by atoms with E-state index < -0.39 is 0 Å². The van der Waals surface area contributed by atoms with Gasteiger partial charge in [-0.1, -0.05) is 6.07 Å². The number of aryl methyl sites for hydroxylation is 1. The third-order valence-electron chi connectivity index (χ3n) is 4.84. The number of hydrogen-bond donors (Lipinski definition) is 2. The molecule has 3 heterocycles. The number of pyridine rings is 1. The van der Waals surface area contributed by atoms with Gasteiger partial charge in [0.15, 0.2) is 0 Å². The molecule has 3 rings (SSSR count). The van der Waals surface area contributed by atoms with Crippen molar-refractivity contribution in [2.45, 2.75) is 44.2 Å². The van der Waals surface area contributed by atoms with Crippen LogP contribution in [-0.4, -0.2) is 30.4 Å². The molecule has 2 aliphatic heterocycles. The summed E-state index contributed by atoms with van der Waals surface area (Å²) in [5, 5.41) is 0. The van der Waals surface area contributed by atoms with E-state index in [1.54, 1.807) is 0 Å². The van der Waals surface area contributed by atoms with Crippen LogP contribution in [0.5, 0.6) is 0 Å². The normalized spacial score (nSPS) is 26.7. The zero-order valence-corrected chi connectivity index (χ0v) is 12.7. The number of nitrogens with zero attached hydrogens (tertiary/aromatic N) is 1. The molecule has 0 aromatic carbocycles. The highest BCUT2D eigenvalue weighted by Gasteiger charge is 2.41. The molecule has 1 aromatic heterocycles. The molecule has 0 radical (unpaired) electrons. The Kier molecular flexibility index (Phi) is 4.54. The Hall–Kier alpha value is -1.01. The molecule has 0 amide bonds. The van der Waals surface area contributed by atoms with Crippen molar-refractivity contribution < 1.29 is 9.47 Å². The van der Waals surface area contributed by atoms with Gasteiger partial charge in [-0.05, 0) is 49.7 Å². The average molecular weight is 291 g/mol. The minimum atomic E-state index is -0.00643. The van der Waals surface area contributed by atoms with Crippen LogP contribution >= 0.6 is 0 Å². The summed E-state index contributed by atoms with van der Waals surface area (Å²) in [6, 6.07) is 2.31. The summed E-state index contributed by atoms with van der Waals surface area (Å²) in [7, 11) is 0. The second kappa shape index (κ2) is 6.40. The van der Waals surface area contributed by atoms with E-state index in [9.17, 15) is 0 Å². The molecule has 2 unspecified atom stereocenters. The molecule has 2 fully saturated rings. The van der Waals surface area contributed by atoms with Crippen LogP contribution in [-0.2, 0) is 9.47 Å². The molecule has 0 aliphatic carbocycles. The lowest BCUT2D eigenvalue weighted by Crippen LogP contribution is -2.47. The smallest absolute Gasteiger partial charge is 0.0729 e. The molecule has 1 spiro atoms. The molecule has 0 saturated carbocycles. The maximum Gasteiger partial charge on any atom is 0.0729 e. The maximum absolute atomic E-state index is 6.13. The first-order valence-electron chi connectivity index (χ1n) is 7.82. The van der Waals surface area contributed by atoms with Crippen molar-refractivity contribution in [2.75, 3.05) is 19.8 Å². The van der Waals surface area contributed by atoms with Gasteiger partial charge < -0.3 is 9.47 Å². The molecule has 1 aromatic rings. The van der Waals surface area contributed by atoms with E-state index in [1.807, 2.05) is 12.4 Å². The molecule has 116 valence electrons. The van der Waals surface area contributed by atoms with Crippen LogP contribution in [0.15, 0.2) is 18.5 Å². The number of nitrogens with two attached hydrogens (primary N) is 1. The van der Waals surface area contributed by atoms with E-state index in [2.05, 4.69) is 23.4 Å². The van der Waals surface area contributed by atoms with Gasteiger partial charge in [-0.2, -0.15) is 0 Å². The number of hydrogen-bond acceptors (Lipinski definition) is 5. The minimum absolute atomic E-state index is 0.00643. The Morgan fingerprint density at radius 1 is 1.33 bits per heavy atom. The first-order chi connectivity index (χ1) is 10.2. The highest BCUT2D eigenvalue weighted by atomic mass is 16.5. The lowest BCUT2D eigenvalue weighted by atomic mass is 9.76. The molecule has 5 heteroatoms. The van der Waals surface area contributed by atoms with Gasteiger partial charge in [-0.15, -0.1) is 0 Å². The first-order valence-corrected chi connectivity index (χ1v) is 7.82. The van der Waals surface area contributed by atoms with Gasteiger partial charge in [0, 0.05) is 32.2 Å². The zero-order valence-electron chi connectivity index (χ0n) is 12.7. The van der Waals surface area contributed by atoms with Gasteiger partial charge >= 0.3 is 0 Å². The van der Waals surface area contributed by atoms with Crippen molar-refractivity contribution in [1.29, 1.82) is 0 Å². The molecule has 3 N–H and O–H groups in total. The molecule has 0 bridgehead atoms. The fraction of sp³-hybridized carbons (Fsp3) is 0.688. The lowest BCUT2D eigenvalue weighted by Gasteiger charge is -2.45. The Morgan fingerprint density at radius 3 is 2.86 bits per heavy atom. The predicted molar refractivity (Wildman–Crippen MR) is 80.5 cm³/mol. The van der Waals surface area contributed by atoms with Crippen molar-refractivity contribution in [3.05, 3.63) is 29.6 Å². The summed E-state index contributed by atoms with van der Waals surface area (Å²) in [6.07, 6.45) is 7.86. The van der Waals surface area contributed by atoms with E-state index in [0.29, 0.717) is 5.92 Å². The molecular formula is C16H25N3O2. The monoisotopic (exact) mass is 291 g/mol. The quantitative estimate of drug-likeness (QED) is 0.657. The SMILES string of the molecule is Cc1cncc(C(NN)C2CCOC3(CCOCC3)C2)c1. The molecular weight excluding hydrogens is 266 g/mol. The Bertz CT molecular complexity index is 469. The Balaban J connectivity index is 1.77. The van der Waals surface area contributed by atoms with Crippen LogP contribution in [0.4, 0.5) is 0 Å². The largest absolute Gasteiger partial charge is 0.381 e. The Morgan fingerprint density at radius 2 is 2.14 bits per heavy atom. The van der Waals surface area contributed by atoms with Gasteiger partial charge in [0.1, 0.15) is 0 Å². The molecule has 2 aliphatic rings. The second-order valence-corrected chi connectivity index (χ2v) is 6.34. The minimum Gasteiger partial charge on any atom is -0.381 e. The van der Waals surface area contributed by atoms with Crippen LogP contribution in [0.1, 0.15) is 42.9 Å². The standard InChI is InChI=1S/C16H25N3O2/c1-12-8-14(11-18-10-12)15(19-17)13-2-5-21-16(9-13)3-6-20-7-4-16/h8,10-11,13,15,19H,2-7,9,17H2,1H3. The summed E-state index contributed by atoms with van der Waals surface area (Å²) in [5.74, 6) is 6.34. The maximum atomic E-state index is 6.13. The van der Waals surface area contributed by atoms with Gasteiger partial charge in [0.05, 0.1) is 11.6 Å². The summed E-state index contributed by atoms with van der Waals surface area (Å²) < 4.78 is 11.6. The topological polar surface area (TPSA) is 69.4 Å². The first kappa shape index (κ1) is 14.9. The average Bonchev–Trinajstić information content (AvgIpc) is 2.49. The fourth-order valence-corrected chi connectivity index (χ4v) is 3.69. The zero-order chi connectivity index (χ0) is 14.7. The van der Waals surface area contributed by atoms with E-state index in [1.165, 1.54) is 11.1 Å². The number of rotatable bonds is 3. The van der Waals surface area contributed by atoms with E-state index >= 15 is 0 Å². The van der Waals surface area contributed by atoms with E-state index in [-0.39, 0.29) is 11.6 Å². The van der Waals surface area contributed by atoms with Crippen molar-refractivity contribution in [3.8, 4) is 0 Å². The highest BCUT2D eigenvalue weighted by molar-refractivity contribution is 5.21. The summed E-state index contributed by atoms with van der Waals surface area (Å²) >= 11 is 0. The summed E-state index contributed by atoms with van der Waals surface area (Å²) in [5.41, 5.74) is 5.34. The molecule has 5 nitrogen and oxygen atoms in total. The second-order valence-electron chi connectivity index (χ2n) is 6.34. The third-order valence-corrected chi connectivity index (χ3v) is 4.84. The number of nitrogens with one attached hydrogen (secondary N) is 1.